The molecule has 0 bridgehead atoms. The summed E-state index contributed by atoms with van der Waals surface area (Å²) in [6.07, 6.45) is 0. The number of halogens is 1. The van der Waals surface area contributed by atoms with E-state index in [-0.39, 0.29) is 5.82 Å². The summed E-state index contributed by atoms with van der Waals surface area (Å²) in [5.41, 5.74) is 1.19. The van der Waals surface area contributed by atoms with Crippen LogP contribution in [0.1, 0.15) is 18.5 Å². The highest BCUT2D eigenvalue weighted by Crippen LogP contribution is 2.23. The fourth-order valence-electron chi connectivity index (χ4n) is 1.76. The van der Waals surface area contributed by atoms with Gasteiger partial charge < -0.3 is 5.32 Å². The molecule has 82 valence electrons. The molecule has 1 aromatic carbocycles. The highest BCUT2D eigenvalue weighted by Gasteiger charge is 2.16. The van der Waals surface area contributed by atoms with Crippen LogP contribution in [-0.4, -0.2) is 18.1 Å². The van der Waals surface area contributed by atoms with Gasteiger partial charge in [-0.2, -0.15) is 11.8 Å². The summed E-state index contributed by atoms with van der Waals surface area (Å²) >= 11 is 1.97. The summed E-state index contributed by atoms with van der Waals surface area (Å²) in [4.78, 5) is 0. The highest BCUT2D eigenvalue weighted by atomic mass is 32.2. The van der Waals surface area contributed by atoms with Crippen molar-refractivity contribution < 1.29 is 4.39 Å². The van der Waals surface area contributed by atoms with E-state index in [2.05, 4.69) is 12.2 Å². The van der Waals surface area contributed by atoms with Gasteiger partial charge >= 0.3 is 0 Å². The Labute approximate surface area is 94.5 Å². The number of hydrogen-bond acceptors (Lipinski definition) is 2. The predicted molar refractivity (Wildman–Crippen MR) is 63.6 cm³/mol. The monoisotopic (exact) mass is 225 g/mol. The first-order chi connectivity index (χ1) is 7.25. The quantitative estimate of drug-likeness (QED) is 0.788. The fraction of sp³-hybridized carbons (Fsp3) is 0.500. The van der Waals surface area contributed by atoms with Crippen molar-refractivity contribution in [3.8, 4) is 0 Å². The van der Waals surface area contributed by atoms with E-state index in [1.54, 1.807) is 0 Å². The van der Waals surface area contributed by atoms with E-state index in [1.165, 1.54) is 23.4 Å². The van der Waals surface area contributed by atoms with Crippen LogP contribution >= 0.6 is 11.8 Å². The molecule has 1 nitrogen and oxygen atoms in total. The van der Waals surface area contributed by atoms with Crippen molar-refractivity contribution in [1.29, 1.82) is 0 Å². The summed E-state index contributed by atoms with van der Waals surface area (Å²) in [6, 6.07) is 7.21. The number of benzene rings is 1. The summed E-state index contributed by atoms with van der Waals surface area (Å²) in [6.45, 7) is 3.31. The first-order valence-corrected chi connectivity index (χ1v) is 6.48. The smallest absolute Gasteiger partial charge is 0.123 e. The minimum absolute atomic E-state index is 0.159. The standard InChI is InChI=1S/C12H16FNS/c1-9-6-14-12(8-15-7-9)10-2-4-11(13)5-3-10/h2-5,9,12,14H,6-8H2,1H3. The van der Waals surface area contributed by atoms with E-state index in [4.69, 9.17) is 0 Å². The van der Waals surface area contributed by atoms with Crippen molar-refractivity contribution in [2.45, 2.75) is 13.0 Å². The minimum Gasteiger partial charge on any atom is -0.309 e. The van der Waals surface area contributed by atoms with E-state index >= 15 is 0 Å². The highest BCUT2D eigenvalue weighted by molar-refractivity contribution is 7.99. The molecule has 1 aliphatic rings. The van der Waals surface area contributed by atoms with Crippen LogP contribution in [0.4, 0.5) is 4.39 Å². The zero-order valence-corrected chi connectivity index (χ0v) is 9.69. The molecule has 1 fully saturated rings. The second kappa shape index (κ2) is 4.99. The molecule has 0 radical (unpaired) electrons. The SMILES string of the molecule is CC1CNC(c2ccc(F)cc2)CSC1. The Morgan fingerprint density at radius 3 is 2.73 bits per heavy atom. The molecule has 0 aliphatic carbocycles. The maximum atomic E-state index is 12.8. The number of thioether (sulfide) groups is 1. The Bertz CT molecular complexity index is 312. The van der Waals surface area contributed by atoms with Crippen molar-refractivity contribution in [3.05, 3.63) is 35.6 Å². The summed E-state index contributed by atoms with van der Waals surface area (Å²) in [7, 11) is 0. The van der Waals surface area contributed by atoms with E-state index in [1.807, 2.05) is 23.9 Å². The Morgan fingerprint density at radius 1 is 1.27 bits per heavy atom. The van der Waals surface area contributed by atoms with E-state index < -0.39 is 0 Å². The average Bonchev–Trinajstić information content (AvgIpc) is 2.44. The van der Waals surface area contributed by atoms with Gasteiger partial charge in [0.25, 0.3) is 0 Å². The Balaban J connectivity index is 2.06. The molecule has 15 heavy (non-hydrogen) atoms. The number of nitrogens with one attached hydrogen (secondary N) is 1. The third-order valence-corrected chi connectivity index (χ3v) is 4.05. The first kappa shape index (κ1) is 11.0. The summed E-state index contributed by atoms with van der Waals surface area (Å²) in [5, 5.41) is 3.52. The first-order valence-electron chi connectivity index (χ1n) is 5.32. The van der Waals surface area contributed by atoms with Gasteiger partial charge in [0.05, 0.1) is 0 Å². The lowest BCUT2D eigenvalue weighted by Gasteiger charge is -2.16. The Kier molecular flexibility index (Phi) is 3.65. The van der Waals surface area contributed by atoms with Gasteiger partial charge in [0.1, 0.15) is 5.82 Å². The number of rotatable bonds is 1. The molecule has 1 aliphatic heterocycles. The average molecular weight is 225 g/mol. The molecule has 1 N–H and O–H groups in total. The number of hydrogen-bond donors (Lipinski definition) is 1. The van der Waals surface area contributed by atoms with Crippen LogP contribution in [0.3, 0.4) is 0 Å². The van der Waals surface area contributed by atoms with Gasteiger partial charge in [-0.05, 0) is 35.9 Å². The second-order valence-corrected chi connectivity index (χ2v) is 5.23. The molecule has 2 unspecified atom stereocenters. The fourth-order valence-corrected chi connectivity index (χ4v) is 2.96. The van der Waals surface area contributed by atoms with E-state index in [0.29, 0.717) is 6.04 Å². The molecular formula is C12H16FNS. The predicted octanol–water partition coefficient (Wildman–Crippen LogP) is 2.84. The Morgan fingerprint density at radius 2 is 2.00 bits per heavy atom. The second-order valence-electron chi connectivity index (χ2n) is 4.16. The van der Waals surface area contributed by atoms with Crippen molar-refractivity contribution in [3.63, 3.8) is 0 Å². The van der Waals surface area contributed by atoms with Crippen LogP contribution in [0, 0.1) is 11.7 Å². The van der Waals surface area contributed by atoms with Crippen LogP contribution in [0.2, 0.25) is 0 Å². The van der Waals surface area contributed by atoms with E-state index in [9.17, 15) is 4.39 Å². The third kappa shape index (κ3) is 2.95. The third-order valence-electron chi connectivity index (χ3n) is 2.67. The maximum absolute atomic E-state index is 12.8. The molecular weight excluding hydrogens is 209 g/mol. The molecule has 1 aromatic rings. The Hall–Kier alpha value is -0.540. The van der Waals surface area contributed by atoms with E-state index in [0.717, 1.165) is 18.2 Å². The lowest BCUT2D eigenvalue weighted by atomic mass is 10.1. The summed E-state index contributed by atoms with van der Waals surface area (Å²) < 4.78 is 12.8. The maximum Gasteiger partial charge on any atom is 0.123 e. The van der Waals surface area contributed by atoms with Gasteiger partial charge in [0.15, 0.2) is 0 Å². The van der Waals surface area contributed by atoms with Crippen molar-refractivity contribution >= 4 is 11.8 Å². The lowest BCUT2D eigenvalue weighted by Crippen LogP contribution is -2.25. The molecule has 1 saturated heterocycles. The van der Waals surface area contributed by atoms with Crippen LogP contribution in [0.15, 0.2) is 24.3 Å². The molecule has 0 aromatic heterocycles. The molecule has 1 heterocycles. The van der Waals surface area contributed by atoms with Crippen molar-refractivity contribution in [2.75, 3.05) is 18.1 Å². The molecule has 2 rings (SSSR count). The van der Waals surface area contributed by atoms with Crippen LogP contribution in [-0.2, 0) is 0 Å². The van der Waals surface area contributed by atoms with Crippen LogP contribution in [0.5, 0.6) is 0 Å². The van der Waals surface area contributed by atoms with Gasteiger partial charge in [-0.15, -0.1) is 0 Å². The topological polar surface area (TPSA) is 12.0 Å². The zero-order valence-electron chi connectivity index (χ0n) is 8.87. The summed E-state index contributed by atoms with van der Waals surface area (Å²) in [5.74, 6) is 2.86. The minimum atomic E-state index is -0.159. The molecule has 0 spiro atoms. The molecule has 0 amide bonds. The van der Waals surface area contributed by atoms with Gasteiger partial charge in [-0.25, -0.2) is 4.39 Å². The van der Waals surface area contributed by atoms with Crippen LogP contribution in [0.25, 0.3) is 0 Å². The van der Waals surface area contributed by atoms with Crippen molar-refractivity contribution in [2.24, 2.45) is 5.92 Å². The van der Waals surface area contributed by atoms with Gasteiger partial charge in [-0.3, -0.25) is 0 Å². The molecule has 2 atom stereocenters. The zero-order chi connectivity index (χ0) is 10.7. The van der Waals surface area contributed by atoms with Gasteiger partial charge in [0, 0.05) is 11.8 Å². The molecule has 0 saturated carbocycles. The molecule has 3 heteroatoms. The van der Waals surface area contributed by atoms with Crippen molar-refractivity contribution in [1.82, 2.24) is 5.32 Å². The lowest BCUT2D eigenvalue weighted by molar-refractivity contribution is 0.517. The van der Waals surface area contributed by atoms with Crippen LogP contribution < -0.4 is 5.32 Å². The van der Waals surface area contributed by atoms with Gasteiger partial charge in [0.2, 0.25) is 0 Å². The largest absolute Gasteiger partial charge is 0.309 e. The normalized spacial score (nSPS) is 27.3. The van der Waals surface area contributed by atoms with Gasteiger partial charge in [-0.1, -0.05) is 19.1 Å².